The highest BCUT2D eigenvalue weighted by Crippen LogP contribution is 2.30. The summed E-state index contributed by atoms with van der Waals surface area (Å²) < 4.78 is 5.08. The molecule has 17 heavy (non-hydrogen) atoms. The molecule has 0 saturated heterocycles. The lowest BCUT2D eigenvalue weighted by molar-refractivity contribution is -0.139. The highest BCUT2D eigenvalue weighted by atomic mass is 16.5. The molecule has 0 radical (unpaired) electrons. The minimum atomic E-state index is -0.735. The highest BCUT2D eigenvalue weighted by molar-refractivity contribution is 5.69. The van der Waals surface area contributed by atoms with E-state index >= 15 is 0 Å². The molecule has 2 unspecified atom stereocenters. The van der Waals surface area contributed by atoms with Gasteiger partial charge in [-0.15, -0.1) is 0 Å². The highest BCUT2D eigenvalue weighted by Gasteiger charge is 2.29. The minimum Gasteiger partial charge on any atom is -0.480 e. The smallest absolute Gasteiger partial charge is 0.317 e. The second-order valence-electron chi connectivity index (χ2n) is 4.88. The van der Waals surface area contributed by atoms with E-state index < -0.39 is 5.97 Å². The van der Waals surface area contributed by atoms with E-state index in [0.29, 0.717) is 18.6 Å². The number of rotatable bonds is 7. The van der Waals surface area contributed by atoms with Gasteiger partial charge in [0, 0.05) is 19.7 Å². The zero-order valence-electron chi connectivity index (χ0n) is 11.0. The van der Waals surface area contributed by atoms with Crippen LogP contribution in [0, 0.1) is 5.92 Å². The molecule has 1 fully saturated rings. The normalized spacial score (nSPS) is 25.1. The van der Waals surface area contributed by atoms with Crippen molar-refractivity contribution >= 4 is 5.97 Å². The van der Waals surface area contributed by atoms with E-state index in [9.17, 15) is 4.79 Å². The van der Waals surface area contributed by atoms with Gasteiger partial charge in [-0.1, -0.05) is 26.2 Å². The van der Waals surface area contributed by atoms with E-state index in [-0.39, 0.29) is 6.54 Å². The molecule has 1 aliphatic rings. The second kappa shape index (κ2) is 7.67. The Kier molecular flexibility index (Phi) is 6.52. The summed E-state index contributed by atoms with van der Waals surface area (Å²) in [5.41, 5.74) is 0. The van der Waals surface area contributed by atoms with Crippen molar-refractivity contribution in [1.29, 1.82) is 0 Å². The van der Waals surface area contributed by atoms with Crippen LogP contribution >= 0.6 is 0 Å². The third kappa shape index (κ3) is 4.64. The Balaban J connectivity index is 2.60. The van der Waals surface area contributed by atoms with Crippen molar-refractivity contribution in [1.82, 2.24) is 4.90 Å². The standard InChI is InChI=1S/C13H25NO3/c1-3-11-6-4-5-7-12(11)14(8-9-17-2)10-13(15)16/h11-12H,3-10H2,1-2H3,(H,15,16). The molecule has 0 bridgehead atoms. The number of aliphatic carboxylic acids is 1. The lowest BCUT2D eigenvalue weighted by atomic mass is 9.82. The van der Waals surface area contributed by atoms with E-state index in [1.807, 2.05) is 0 Å². The second-order valence-corrected chi connectivity index (χ2v) is 4.88. The van der Waals surface area contributed by atoms with Crippen molar-refractivity contribution in [3.05, 3.63) is 0 Å². The number of hydrogen-bond donors (Lipinski definition) is 1. The molecule has 1 saturated carbocycles. The van der Waals surface area contributed by atoms with Gasteiger partial charge in [-0.25, -0.2) is 0 Å². The van der Waals surface area contributed by atoms with Crippen molar-refractivity contribution in [2.24, 2.45) is 5.92 Å². The Labute approximate surface area is 104 Å². The first kappa shape index (κ1) is 14.5. The lowest BCUT2D eigenvalue weighted by Crippen LogP contribution is -2.46. The van der Waals surface area contributed by atoms with Crippen molar-refractivity contribution in [3.63, 3.8) is 0 Å². The van der Waals surface area contributed by atoms with Crippen molar-refractivity contribution in [2.45, 2.75) is 45.1 Å². The van der Waals surface area contributed by atoms with E-state index in [1.165, 1.54) is 19.3 Å². The zero-order valence-corrected chi connectivity index (χ0v) is 11.0. The molecule has 0 aromatic carbocycles. The lowest BCUT2D eigenvalue weighted by Gasteiger charge is -2.39. The van der Waals surface area contributed by atoms with Crippen molar-refractivity contribution in [3.8, 4) is 0 Å². The molecule has 1 N–H and O–H groups in total. The summed E-state index contributed by atoms with van der Waals surface area (Å²) in [4.78, 5) is 13.0. The first-order chi connectivity index (χ1) is 8.19. The summed E-state index contributed by atoms with van der Waals surface area (Å²) in [5.74, 6) is -0.0820. The molecule has 1 rings (SSSR count). The minimum absolute atomic E-state index is 0.143. The summed E-state index contributed by atoms with van der Waals surface area (Å²) in [6.07, 6.45) is 6.04. The van der Waals surface area contributed by atoms with Crippen LogP contribution in [0.25, 0.3) is 0 Å². The SMILES string of the molecule is CCC1CCCCC1N(CCOC)CC(=O)O. The van der Waals surface area contributed by atoms with Crippen LogP contribution in [0.3, 0.4) is 0 Å². The van der Waals surface area contributed by atoms with E-state index in [2.05, 4.69) is 11.8 Å². The average Bonchev–Trinajstić information content (AvgIpc) is 2.34. The molecule has 1 aliphatic carbocycles. The van der Waals surface area contributed by atoms with Crippen LogP contribution in [-0.2, 0) is 9.53 Å². The Bertz CT molecular complexity index is 233. The van der Waals surface area contributed by atoms with Crippen molar-refractivity contribution < 1.29 is 14.6 Å². The van der Waals surface area contributed by atoms with Crippen LogP contribution in [0.4, 0.5) is 0 Å². The first-order valence-corrected chi connectivity index (χ1v) is 6.63. The van der Waals surface area contributed by atoms with Gasteiger partial charge in [0.15, 0.2) is 0 Å². The number of carbonyl (C=O) groups is 1. The molecule has 2 atom stereocenters. The van der Waals surface area contributed by atoms with Crippen LogP contribution in [0.15, 0.2) is 0 Å². The van der Waals surface area contributed by atoms with E-state index in [0.717, 1.165) is 19.4 Å². The van der Waals surface area contributed by atoms with E-state index in [4.69, 9.17) is 9.84 Å². The summed E-state index contributed by atoms with van der Waals surface area (Å²) in [5, 5.41) is 8.99. The van der Waals surface area contributed by atoms with Gasteiger partial charge < -0.3 is 9.84 Å². The maximum atomic E-state index is 10.9. The van der Waals surface area contributed by atoms with Gasteiger partial charge >= 0.3 is 5.97 Å². The molecule has 0 aromatic rings. The molecule has 100 valence electrons. The molecule has 4 heteroatoms. The van der Waals surface area contributed by atoms with Crippen LogP contribution in [-0.4, -0.2) is 48.8 Å². The molecule has 0 spiro atoms. The number of nitrogens with zero attached hydrogens (tertiary/aromatic N) is 1. The molecule has 0 aromatic heterocycles. The number of carboxylic acid groups (broad SMARTS) is 1. The Morgan fingerprint density at radius 3 is 2.71 bits per heavy atom. The third-order valence-electron chi connectivity index (χ3n) is 3.78. The quantitative estimate of drug-likeness (QED) is 0.743. The van der Waals surface area contributed by atoms with Gasteiger partial charge in [0.05, 0.1) is 13.2 Å². The number of methoxy groups -OCH3 is 1. The molecule has 0 aliphatic heterocycles. The zero-order chi connectivity index (χ0) is 12.7. The predicted octanol–water partition coefficient (Wildman–Crippen LogP) is 1.99. The Hall–Kier alpha value is -0.610. The molecular weight excluding hydrogens is 218 g/mol. The first-order valence-electron chi connectivity index (χ1n) is 6.63. The predicted molar refractivity (Wildman–Crippen MR) is 67.1 cm³/mol. The molecular formula is C13H25NO3. The summed E-state index contributed by atoms with van der Waals surface area (Å²) in [6.45, 7) is 3.69. The topological polar surface area (TPSA) is 49.8 Å². The van der Waals surface area contributed by atoms with Crippen LogP contribution in [0.1, 0.15) is 39.0 Å². The fourth-order valence-corrected chi connectivity index (χ4v) is 2.89. The van der Waals surface area contributed by atoms with Gasteiger partial charge in [0.2, 0.25) is 0 Å². The largest absolute Gasteiger partial charge is 0.480 e. The third-order valence-corrected chi connectivity index (χ3v) is 3.78. The van der Waals surface area contributed by atoms with Gasteiger partial charge in [-0.05, 0) is 18.8 Å². The maximum Gasteiger partial charge on any atom is 0.317 e. The fraction of sp³-hybridized carbons (Fsp3) is 0.923. The monoisotopic (exact) mass is 243 g/mol. The molecule has 4 nitrogen and oxygen atoms in total. The van der Waals surface area contributed by atoms with E-state index in [1.54, 1.807) is 7.11 Å². The number of ether oxygens (including phenoxy) is 1. The summed E-state index contributed by atoms with van der Waals surface area (Å²) in [7, 11) is 1.66. The molecule has 0 heterocycles. The van der Waals surface area contributed by atoms with Gasteiger partial charge in [0.25, 0.3) is 0 Å². The number of carboxylic acids is 1. The average molecular weight is 243 g/mol. The number of hydrogen-bond acceptors (Lipinski definition) is 3. The van der Waals surface area contributed by atoms with Gasteiger partial charge in [-0.2, -0.15) is 0 Å². The van der Waals surface area contributed by atoms with Crippen molar-refractivity contribution in [2.75, 3.05) is 26.8 Å². The van der Waals surface area contributed by atoms with Crippen LogP contribution in [0.5, 0.6) is 0 Å². The maximum absolute atomic E-state index is 10.9. The fourth-order valence-electron chi connectivity index (χ4n) is 2.89. The Morgan fingerprint density at radius 2 is 2.12 bits per heavy atom. The van der Waals surface area contributed by atoms with Gasteiger partial charge in [0.1, 0.15) is 0 Å². The Morgan fingerprint density at radius 1 is 1.41 bits per heavy atom. The molecule has 0 amide bonds. The van der Waals surface area contributed by atoms with Crippen LogP contribution in [0.2, 0.25) is 0 Å². The van der Waals surface area contributed by atoms with Crippen LogP contribution < -0.4 is 0 Å². The van der Waals surface area contributed by atoms with Gasteiger partial charge in [-0.3, -0.25) is 9.69 Å². The summed E-state index contributed by atoms with van der Waals surface area (Å²) in [6, 6.07) is 0.431. The summed E-state index contributed by atoms with van der Waals surface area (Å²) >= 11 is 0.